The molecule has 0 aromatic heterocycles. The molecule has 0 amide bonds. The molecule has 0 aliphatic rings. The van der Waals surface area contributed by atoms with Crippen LogP contribution in [0.3, 0.4) is 0 Å². The molecule has 0 atom stereocenters. The molecule has 0 unspecified atom stereocenters. The summed E-state index contributed by atoms with van der Waals surface area (Å²) in [5.74, 6) is 0. The predicted molar refractivity (Wildman–Crippen MR) is 85.8 cm³/mol. The first-order valence-corrected chi connectivity index (χ1v) is 8.08. The van der Waals surface area contributed by atoms with Crippen LogP contribution in [0, 0.1) is 0 Å². The van der Waals surface area contributed by atoms with Crippen molar-refractivity contribution in [1.82, 2.24) is 0 Å². The third-order valence-corrected chi connectivity index (χ3v) is 4.23. The van der Waals surface area contributed by atoms with Gasteiger partial charge in [-0.1, -0.05) is 23.7 Å². The van der Waals surface area contributed by atoms with Gasteiger partial charge in [-0.15, -0.1) is 0 Å². The average Bonchev–Trinajstić information content (AvgIpc) is 2.40. The maximum absolute atomic E-state index is 11.3. The minimum Gasteiger partial charge on any atom is -0.397 e. The summed E-state index contributed by atoms with van der Waals surface area (Å²) in [5.41, 5.74) is 8.07. The van der Waals surface area contributed by atoms with Crippen LogP contribution in [0.25, 0.3) is 0 Å². The molecule has 5 nitrogen and oxygen atoms in total. The predicted octanol–water partition coefficient (Wildman–Crippen LogP) is 2.21. The summed E-state index contributed by atoms with van der Waals surface area (Å²) >= 11 is 5.85. The van der Waals surface area contributed by atoms with E-state index in [1.54, 1.807) is 6.07 Å². The topological polar surface area (TPSA) is 89.4 Å². The molecular weight excluding hydrogens is 310 g/mol. The van der Waals surface area contributed by atoms with Crippen molar-refractivity contribution >= 4 is 33.0 Å². The summed E-state index contributed by atoms with van der Waals surface area (Å²) < 4.78 is 22.6. The fourth-order valence-corrected chi connectivity index (χ4v) is 2.68. The molecule has 2 rings (SSSR count). The summed E-state index contributed by atoms with van der Waals surface area (Å²) in [5, 5.41) is 5.76. The highest BCUT2D eigenvalue weighted by molar-refractivity contribution is 7.89. The largest absolute Gasteiger partial charge is 0.397 e. The van der Waals surface area contributed by atoms with Crippen LogP contribution >= 0.6 is 11.6 Å². The van der Waals surface area contributed by atoms with Gasteiger partial charge in [-0.3, -0.25) is 0 Å². The molecule has 2 aromatic carbocycles. The third-order valence-electron chi connectivity index (χ3n) is 3.07. The lowest BCUT2D eigenvalue weighted by Gasteiger charge is -2.21. The Kier molecular flexibility index (Phi) is 4.41. The van der Waals surface area contributed by atoms with Gasteiger partial charge in [0.2, 0.25) is 10.0 Å². The Morgan fingerprint density at radius 1 is 1.14 bits per heavy atom. The normalized spacial score (nSPS) is 11.4. The molecule has 21 heavy (non-hydrogen) atoms. The summed E-state index contributed by atoms with van der Waals surface area (Å²) in [7, 11) is -1.87. The smallest absolute Gasteiger partial charge is 0.238 e. The number of sulfonamides is 1. The lowest BCUT2D eigenvalue weighted by Crippen LogP contribution is -2.19. The first-order valence-electron chi connectivity index (χ1n) is 6.15. The summed E-state index contributed by atoms with van der Waals surface area (Å²) in [6, 6.07) is 11.9. The first-order chi connectivity index (χ1) is 9.77. The quantitative estimate of drug-likeness (QED) is 0.843. The van der Waals surface area contributed by atoms with Crippen LogP contribution < -0.4 is 15.8 Å². The van der Waals surface area contributed by atoms with Crippen molar-refractivity contribution in [3.8, 4) is 0 Å². The fraction of sp³-hybridized carbons (Fsp3) is 0.143. The van der Waals surface area contributed by atoms with Crippen molar-refractivity contribution < 1.29 is 8.42 Å². The number of anilines is 2. The van der Waals surface area contributed by atoms with E-state index in [0.717, 1.165) is 11.3 Å². The number of halogens is 1. The summed E-state index contributed by atoms with van der Waals surface area (Å²) in [6.45, 7) is 0.621. The van der Waals surface area contributed by atoms with E-state index in [0.29, 0.717) is 17.3 Å². The Morgan fingerprint density at radius 3 is 2.29 bits per heavy atom. The second kappa shape index (κ2) is 5.93. The van der Waals surface area contributed by atoms with Gasteiger partial charge < -0.3 is 10.6 Å². The van der Waals surface area contributed by atoms with Crippen molar-refractivity contribution in [2.45, 2.75) is 11.4 Å². The highest BCUT2D eigenvalue weighted by Gasteiger charge is 2.12. The molecule has 0 aliphatic carbocycles. The van der Waals surface area contributed by atoms with Gasteiger partial charge in [0.15, 0.2) is 0 Å². The third kappa shape index (κ3) is 3.87. The van der Waals surface area contributed by atoms with Gasteiger partial charge in [0.05, 0.1) is 16.3 Å². The molecule has 0 saturated heterocycles. The number of hydrogen-bond donors (Lipinski definition) is 2. The van der Waals surface area contributed by atoms with Crippen LogP contribution in [-0.4, -0.2) is 15.5 Å². The zero-order valence-corrected chi connectivity index (χ0v) is 13.0. The van der Waals surface area contributed by atoms with Crippen LogP contribution in [0.2, 0.25) is 5.02 Å². The van der Waals surface area contributed by atoms with E-state index in [4.69, 9.17) is 22.5 Å². The van der Waals surface area contributed by atoms with E-state index >= 15 is 0 Å². The van der Waals surface area contributed by atoms with Crippen molar-refractivity contribution in [3.05, 3.63) is 53.1 Å². The van der Waals surface area contributed by atoms with Gasteiger partial charge in [-0.05, 0) is 35.9 Å². The zero-order valence-electron chi connectivity index (χ0n) is 11.5. The fourth-order valence-electron chi connectivity index (χ4n) is 2.01. The second-order valence-electron chi connectivity index (χ2n) is 4.75. The number of nitrogen functional groups attached to an aromatic ring is 1. The number of nitrogens with zero attached hydrogens (tertiary/aromatic N) is 1. The van der Waals surface area contributed by atoms with E-state index in [9.17, 15) is 8.42 Å². The monoisotopic (exact) mass is 325 g/mol. The second-order valence-corrected chi connectivity index (χ2v) is 6.75. The van der Waals surface area contributed by atoms with Gasteiger partial charge in [0.25, 0.3) is 0 Å². The van der Waals surface area contributed by atoms with E-state index in [1.165, 1.54) is 12.1 Å². The lowest BCUT2D eigenvalue weighted by molar-refractivity contribution is 0.598. The van der Waals surface area contributed by atoms with Gasteiger partial charge >= 0.3 is 0 Å². The number of primary sulfonamides is 1. The summed E-state index contributed by atoms with van der Waals surface area (Å²) in [6.07, 6.45) is 0. The Labute approximate surface area is 129 Å². The van der Waals surface area contributed by atoms with Crippen molar-refractivity contribution in [3.63, 3.8) is 0 Å². The molecule has 2 aromatic rings. The Morgan fingerprint density at radius 2 is 1.76 bits per heavy atom. The number of hydrogen-bond acceptors (Lipinski definition) is 4. The Bertz CT molecular complexity index is 745. The highest BCUT2D eigenvalue weighted by atomic mass is 35.5. The highest BCUT2D eigenvalue weighted by Crippen LogP contribution is 2.26. The SMILES string of the molecule is CN(Cc1ccc(Cl)cc1)c1ccc(S(N)(=O)=O)cc1N. The molecule has 0 bridgehead atoms. The van der Waals surface area contributed by atoms with E-state index in [1.807, 2.05) is 36.2 Å². The van der Waals surface area contributed by atoms with Crippen LogP contribution in [0.15, 0.2) is 47.4 Å². The molecule has 7 heteroatoms. The maximum atomic E-state index is 11.3. The molecule has 0 radical (unpaired) electrons. The number of benzene rings is 2. The van der Waals surface area contributed by atoms with Crippen LogP contribution in [-0.2, 0) is 16.6 Å². The number of nitrogens with two attached hydrogens (primary N) is 2. The van der Waals surface area contributed by atoms with E-state index in [2.05, 4.69) is 0 Å². The van der Waals surface area contributed by atoms with Gasteiger partial charge in [0.1, 0.15) is 0 Å². The Hall–Kier alpha value is -1.76. The number of rotatable bonds is 4. The van der Waals surface area contributed by atoms with Crippen molar-refractivity contribution in [2.75, 3.05) is 17.7 Å². The molecule has 4 N–H and O–H groups in total. The maximum Gasteiger partial charge on any atom is 0.238 e. The standard InChI is InChI=1S/C14H16ClN3O2S/c1-18(9-10-2-4-11(15)5-3-10)14-7-6-12(8-13(14)16)21(17,19)20/h2-8H,9,16H2,1H3,(H2,17,19,20). The van der Waals surface area contributed by atoms with Crippen molar-refractivity contribution in [2.24, 2.45) is 5.14 Å². The summed E-state index contributed by atoms with van der Waals surface area (Å²) in [4.78, 5) is 1.93. The molecule has 0 aliphatic heterocycles. The van der Waals surface area contributed by atoms with Gasteiger partial charge in [0, 0.05) is 18.6 Å². The van der Waals surface area contributed by atoms with E-state index in [-0.39, 0.29) is 4.90 Å². The molecule has 112 valence electrons. The van der Waals surface area contributed by atoms with Gasteiger partial charge in [-0.2, -0.15) is 0 Å². The molecular formula is C14H16ClN3O2S. The Balaban J connectivity index is 2.23. The van der Waals surface area contributed by atoms with Gasteiger partial charge in [-0.25, -0.2) is 13.6 Å². The average molecular weight is 326 g/mol. The van der Waals surface area contributed by atoms with Crippen LogP contribution in [0.4, 0.5) is 11.4 Å². The minimum absolute atomic E-state index is 0.00337. The lowest BCUT2D eigenvalue weighted by atomic mass is 10.2. The molecule has 0 spiro atoms. The molecule has 0 fully saturated rings. The molecule has 0 heterocycles. The van der Waals surface area contributed by atoms with E-state index < -0.39 is 10.0 Å². The minimum atomic E-state index is -3.74. The van der Waals surface area contributed by atoms with Crippen molar-refractivity contribution in [1.29, 1.82) is 0 Å². The zero-order chi connectivity index (χ0) is 15.6. The van der Waals surface area contributed by atoms with Crippen LogP contribution in [0.1, 0.15) is 5.56 Å². The first kappa shape index (κ1) is 15.6. The van der Waals surface area contributed by atoms with Crippen LogP contribution in [0.5, 0.6) is 0 Å². The molecule has 0 saturated carbocycles.